The molecule has 4 nitrogen and oxygen atoms in total. The fraction of sp³-hybridized carbons (Fsp3) is 0.867. The predicted molar refractivity (Wildman–Crippen MR) is 74.5 cm³/mol. The Morgan fingerprint density at radius 2 is 2.11 bits per heavy atom. The minimum Gasteiger partial charge on any atom is -0.356 e. The lowest BCUT2D eigenvalue weighted by molar-refractivity contribution is -0.136. The quantitative estimate of drug-likeness (QED) is 0.771. The summed E-state index contributed by atoms with van der Waals surface area (Å²) in [6.07, 6.45) is 5.17. The number of unbranched alkanes of at least 4 members (excludes halogenated alkanes) is 1. The molecular formula is C15H26N2O2. The van der Waals surface area contributed by atoms with E-state index in [4.69, 9.17) is 0 Å². The van der Waals surface area contributed by atoms with Gasteiger partial charge in [0, 0.05) is 19.6 Å². The minimum absolute atomic E-state index is 0.0353. The Bertz CT molecular complexity index is 343. The highest BCUT2D eigenvalue weighted by Crippen LogP contribution is 2.40. The fourth-order valence-corrected chi connectivity index (χ4v) is 2.90. The molecule has 0 radical (unpaired) electrons. The first-order valence-corrected chi connectivity index (χ1v) is 7.70. The first-order valence-electron chi connectivity index (χ1n) is 7.70. The van der Waals surface area contributed by atoms with Crippen LogP contribution in [0.2, 0.25) is 0 Å². The summed E-state index contributed by atoms with van der Waals surface area (Å²) in [7, 11) is 0. The summed E-state index contributed by atoms with van der Waals surface area (Å²) >= 11 is 0. The molecule has 0 spiro atoms. The second-order valence-electron chi connectivity index (χ2n) is 6.12. The predicted octanol–water partition coefficient (Wildman–Crippen LogP) is 1.80. The van der Waals surface area contributed by atoms with Crippen LogP contribution in [-0.2, 0) is 9.59 Å². The number of carbonyl (C=O) groups excluding carboxylic acids is 2. The van der Waals surface area contributed by atoms with Crippen molar-refractivity contribution in [2.24, 2.45) is 17.8 Å². The van der Waals surface area contributed by atoms with Crippen molar-refractivity contribution in [2.75, 3.05) is 19.6 Å². The van der Waals surface area contributed by atoms with Gasteiger partial charge >= 0.3 is 0 Å². The maximum absolute atomic E-state index is 12.3. The summed E-state index contributed by atoms with van der Waals surface area (Å²) in [5.74, 6) is 0.806. The van der Waals surface area contributed by atoms with Crippen molar-refractivity contribution in [1.82, 2.24) is 10.2 Å². The summed E-state index contributed by atoms with van der Waals surface area (Å²) in [6, 6.07) is 0. The van der Waals surface area contributed by atoms with Gasteiger partial charge in [0.1, 0.15) is 0 Å². The van der Waals surface area contributed by atoms with Crippen LogP contribution in [0.3, 0.4) is 0 Å². The van der Waals surface area contributed by atoms with Crippen molar-refractivity contribution in [1.29, 1.82) is 0 Å². The molecule has 1 saturated heterocycles. The van der Waals surface area contributed by atoms with Gasteiger partial charge in [-0.05, 0) is 31.6 Å². The zero-order chi connectivity index (χ0) is 13.8. The third-order valence-corrected chi connectivity index (χ3v) is 4.24. The lowest BCUT2D eigenvalue weighted by atomic mass is 10.00. The summed E-state index contributed by atoms with van der Waals surface area (Å²) in [5.41, 5.74) is 0. The molecule has 1 N–H and O–H groups in total. The van der Waals surface area contributed by atoms with Gasteiger partial charge in [0.2, 0.25) is 11.8 Å². The number of amides is 2. The number of hydrogen-bond donors (Lipinski definition) is 1. The zero-order valence-corrected chi connectivity index (χ0v) is 12.2. The number of carbonyl (C=O) groups is 2. The van der Waals surface area contributed by atoms with E-state index in [0.717, 1.165) is 45.3 Å². The van der Waals surface area contributed by atoms with Gasteiger partial charge in [-0.2, -0.15) is 0 Å². The van der Waals surface area contributed by atoms with Gasteiger partial charge in [-0.3, -0.25) is 9.59 Å². The molecule has 4 heteroatoms. The van der Waals surface area contributed by atoms with Gasteiger partial charge in [0.25, 0.3) is 0 Å². The van der Waals surface area contributed by atoms with E-state index in [9.17, 15) is 9.59 Å². The van der Waals surface area contributed by atoms with Crippen molar-refractivity contribution in [3.63, 3.8) is 0 Å². The molecule has 2 fully saturated rings. The van der Waals surface area contributed by atoms with Gasteiger partial charge in [-0.25, -0.2) is 0 Å². The van der Waals surface area contributed by atoms with E-state index in [1.165, 1.54) is 6.42 Å². The summed E-state index contributed by atoms with van der Waals surface area (Å²) in [4.78, 5) is 26.1. The van der Waals surface area contributed by atoms with Crippen molar-refractivity contribution < 1.29 is 9.59 Å². The minimum atomic E-state index is -0.0541. The smallest absolute Gasteiger partial charge is 0.226 e. The average molecular weight is 266 g/mol. The third kappa shape index (κ3) is 3.71. The zero-order valence-electron chi connectivity index (χ0n) is 12.2. The normalized spacial score (nSPS) is 30.0. The Balaban J connectivity index is 1.75. The van der Waals surface area contributed by atoms with Crippen LogP contribution >= 0.6 is 0 Å². The Morgan fingerprint density at radius 3 is 2.79 bits per heavy atom. The van der Waals surface area contributed by atoms with E-state index >= 15 is 0 Å². The van der Waals surface area contributed by atoms with E-state index in [1.54, 1.807) is 0 Å². The maximum Gasteiger partial charge on any atom is 0.226 e. The van der Waals surface area contributed by atoms with Crippen LogP contribution in [0, 0.1) is 17.8 Å². The van der Waals surface area contributed by atoms with Crippen LogP contribution in [0.1, 0.15) is 46.0 Å². The first-order chi connectivity index (χ1) is 9.13. The number of piperidine rings is 1. The number of nitrogens with one attached hydrogen (secondary N) is 1. The molecule has 3 unspecified atom stereocenters. The number of hydrogen-bond acceptors (Lipinski definition) is 2. The molecule has 1 heterocycles. The van der Waals surface area contributed by atoms with E-state index in [2.05, 4.69) is 19.2 Å². The molecule has 0 aromatic rings. The SMILES string of the molecule is CCCCNC(=O)C1CC1C(=O)N1CCCC(C)C1. The second-order valence-corrected chi connectivity index (χ2v) is 6.12. The Labute approximate surface area is 115 Å². The Morgan fingerprint density at radius 1 is 1.32 bits per heavy atom. The van der Waals surface area contributed by atoms with Crippen molar-refractivity contribution >= 4 is 11.8 Å². The van der Waals surface area contributed by atoms with Gasteiger partial charge in [0.05, 0.1) is 11.8 Å². The third-order valence-electron chi connectivity index (χ3n) is 4.24. The topological polar surface area (TPSA) is 49.4 Å². The van der Waals surface area contributed by atoms with Gasteiger partial charge < -0.3 is 10.2 Å². The highest BCUT2D eigenvalue weighted by atomic mass is 16.2. The van der Waals surface area contributed by atoms with Crippen LogP contribution in [-0.4, -0.2) is 36.3 Å². The average Bonchev–Trinajstić information content (AvgIpc) is 3.18. The van der Waals surface area contributed by atoms with E-state index in [1.807, 2.05) is 4.90 Å². The van der Waals surface area contributed by atoms with E-state index < -0.39 is 0 Å². The lowest BCUT2D eigenvalue weighted by Gasteiger charge is -2.31. The molecule has 1 aliphatic carbocycles. The molecule has 2 amide bonds. The molecule has 19 heavy (non-hydrogen) atoms. The molecule has 0 bridgehead atoms. The maximum atomic E-state index is 12.3. The standard InChI is InChI=1S/C15H26N2O2/c1-3-4-7-16-14(18)12-9-13(12)15(19)17-8-5-6-11(2)10-17/h11-13H,3-10H2,1-2H3,(H,16,18). The molecule has 0 aromatic heterocycles. The summed E-state index contributed by atoms with van der Waals surface area (Å²) < 4.78 is 0. The van der Waals surface area contributed by atoms with E-state index in [0.29, 0.717) is 5.92 Å². The fourth-order valence-electron chi connectivity index (χ4n) is 2.90. The Hall–Kier alpha value is -1.06. The molecule has 2 aliphatic rings. The molecule has 3 atom stereocenters. The molecule has 1 saturated carbocycles. The van der Waals surface area contributed by atoms with Gasteiger partial charge in [0.15, 0.2) is 0 Å². The van der Waals surface area contributed by atoms with Crippen molar-refractivity contribution in [2.45, 2.75) is 46.0 Å². The van der Waals surface area contributed by atoms with Crippen LogP contribution in [0.15, 0.2) is 0 Å². The second kappa shape index (κ2) is 6.40. The van der Waals surface area contributed by atoms with Crippen molar-refractivity contribution in [3.05, 3.63) is 0 Å². The number of nitrogens with zero attached hydrogens (tertiary/aromatic N) is 1. The molecule has 2 rings (SSSR count). The van der Waals surface area contributed by atoms with Gasteiger partial charge in [-0.1, -0.05) is 20.3 Å². The lowest BCUT2D eigenvalue weighted by Crippen LogP contribution is -2.40. The first kappa shape index (κ1) is 14.4. The summed E-state index contributed by atoms with van der Waals surface area (Å²) in [6.45, 7) is 6.80. The molecule has 1 aliphatic heterocycles. The Kier molecular flexibility index (Phi) is 4.83. The largest absolute Gasteiger partial charge is 0.356 e. The molecular weight excluding hydrogens is 240 g/mol. The van der Waals surface area contributed by atoms with Gasteiger partial charge in [-0.15, -0.1) is 0 Å². The number of rotatable bonds is 5. The summed E-state index contributed by atoms with van der Waals surface area (Å²) in [5, 5.41) is 2.93. The van der Waals surface area contributed by atoms with Crippen LogP contribution < -0.4 is 5.32 Å². The van der Waals surface area contributed by atoms with Crippen LogP contribution in [0.25, 0.3) is 0 Å². The monoisotopic (exact) mass is 266 g/mol. The highest BCUT2D eigenvalue weighted by molar-refractivity contribution is 5.92. The highest BCUT2D eigenvalue weighted by Gasteiger charge is 2.49. The van der Waals surface area contributed by atoms with Crippen LogP contribution in [0.4, 0.5) is 0 Å². The molecule has 108 valence electrons. The van der Waals surface area contributed by atoms with Crippen molar-refractivity contribution in [3.8, 4) is 0 Å². The van der Waals surface area contributed by atoms with E-state index in [-0.39, 0.29) is 23.7 Å². The van der Waals surface area contributed by atoms with Crippen LogP contribution in [0.5, 0.6) is 0 Å². The number of likely N-dealkylation sites (tertiary alicyclic amines) is 1. The molecule has 0 aromatic carbocycles.